The molecule has 0 spiro atoms. The molecule has 0 N–H and O–H groups in total. The van der Waals surface area contributed by atoms with Gasteiger partial charge in [0.15, 0.2) is 17.5 Å². The third-order valence-corrected chi connectivity index (χ3v) is 15.2. The van der Waals surface area contributed by atoms with Crippen LogP contribution in [0.2, 0.25) is 0 Å². The first-order valence-corrected chi connectivity index (χ1v) is 25.0. The number of nitrogens with zero attached hydrogens (tertiary/aromatic N) is 3. The molecular weight excluding hydrogens is 883 g/mol. The Morgan fingerprint density at radius 1 is 0.577 bits per heavy atom. The zero-order valence-corrected chi connectivity index (χ0v) is 39.8. The molecule has 0 unspecified atom stereocenters. The quantitative estimate of drug-likeness (QED) is 0.135. The minimum absolute atomic E-state index is 0.623. The molecule has 2 aliphatic rings. The number of para-hydroxylation sites is 2. The molecule has 336 valence electrons. The first-order valence-electron chi connectivity index (χ1n) is 24.2. The van der Waals surface area contributed by atoms with E-state index in [0.717, 1.165) is 71.2 Å². The lowest BCUT2D eigenvalue weighted by Gasteiger charge is -2.34. The van der Waals surface area contributed by atoms with Crippen LogP contribution in [0.15, 0.2) is 241 Å². The Morgan fingerprint density at radius 3 is 2.08 bits per heavy atom. The van der Waals surface area contributed by atoms with Gasteiger partial charge in [-0.25, -0.2) is 15.0 Å². The van der Waals surface area contributed by atoms with Crippen molar-refractivity contribution in [2.45, 2.75) is 18.8 Å². The number of hydrogen-bond donors (Lipinski definition) is 0. The van der Waals surface area contributed by atoms with Crippen molar-refractivity contribution in [1.29, 1.82) is 0 Å². The normalized spacial score (nSPS) is 14.3. The fourth-order valence-electron chi connectivity index (χ4n) is 10.9. The number of furan rings is 1. The van der Waals surface area contributed by atoms with Gasteiger partial charge in [-0.05, 0) is 88.2 Å². The summed E-state index contributed by atoms with van der Waals surface area (Å²) in [6.45, 7) is 2.08. The van der Waals surface area contributed by atoms with Crippen LogP contribution in [0.4, 0.5) is 0 Å². The molecule has 0 saturated heterocycles. The highest BCUT2D eigenvalue weighted by molar-refractivity contribution is 7.26. The lowest BCUT2D eigenvalue weighted by molar-refractivity contribution is 0.668. The van der Waals surface area contributed by atoms with Gasteiger partial charge in [-0.3, -0.25) is 0 Å². The van der Waals surface area contributed by atoms with E-state index in [1.165, 1.54) is 37.7 Å². The van der Waals surface area contributed by atoms with E-state index in [1.54, 1.807) is 11.3 Å². The van der Waals surface area contributed by atoms with Crippen LogP contribution in [0.25, 0.3) is 93.2 Å². The zero-order valence-electron chi connectivity index (χ0n) is 39.0. The molecule has 5 heteroatoms. The third kappa shape index (κ3) is 7.08. The molecule has 13 rings (SSSR count). The van der Waals surface area contributed by atoms with Crippen LogP contribution in [0.5, 0.6) is 0 Å². The van der Waals surface area contributed by atoms with Crippen LogP contribution in [-0.2, 0) is 5.41 Å². The predicted molar refractivity (Wildman–Crippen MR) is 297 cm³/mol. The molecular formula is C66H45N3OS. The Morgan fingerprint density at radius 2 is 1.25 bits per heavy atom. The Hall–Kier alpha value is -8.77. The second kappa shape index (κ2) is 17.6. The molecule has 0 aliphatic heterocycles. The Balaban J connectivity index is 1.10. The topological polar surface area (TPSA) is 51.8 Å². The van der Waals surface area contributed by atoms with Gasteiger partial charge in [-0.2, -0.15) is 0 Å². The fraction of sp³-hybridized carbons (Fsp3) is 0.0455. The van der Waals surface area contributed by atoms with E-state index in [1.807, 2.05) is 12.1 Å². The van der Waals surface area contributed by atoms with Crippen LogP contribution in [0.3, 0.4) is 0 Å². The van der Waals surface area contributed by atoms with Gasteiger partial charge in [0.1, 0.15) is 11.2 Å². The molecule has 0 amide bonds. The average molecular weight is 928 g/mol. The summed E-state index contributed by atoms with van der Waals surface area (Å²) in [5, 5.41) is 4.65. The Labute approximate surface area is 416 Å². The number of thiophene rings is 1. The number of hydrogen-bond acceptors (Lipinski definition) is 5. The summed E-state index contributed by atoms with van der Waals surface area (Å²) in [6, 6.07) is 65.4. The Bertz CT molecular complexity index is 4050. The summed E-state index contributed by atoms with van der Waals surface area (Å²) in [5.74, 6) is 1.93. The largest absolute Gasteiger partial charge is 0.455 e. The van der Waals surface area contributed by atoms with Crippen molar-refractivity contribution in [1.82, 2.24) is 15.0 Å². The van der Waals surface area contributed by atoms with Crippen molar-refractivity contribution in [2.75, 3.05) is 0 Å². The number of benzene rings is 8. The molecule has 0 bridgehead atoms. The smallest absolute Gasteiger partial charge is 0.165 e. The second-order valence-electron chi connectivity index (χ2n) is 18.1. The fourth-order valence-corrected chi connectivity index (χ4v) is 12.1. The van der Waals surface area contributed by atoms with Gasteiger partial charge in [0.2, 0.25) is 0 Å². The van der Waals surface area contributed by atoms with Crippen molar-refractivity contribution in [2.24, 2.45) is 0 Å². The minimum atomic E-state index is -0.673. The van der Waals surface area contributed by atoms with Gasteiger partial charge in [-0.15, -0.1) is 11.3 Å². The number of fused-ring (bicyclic) bond motifs is 9. The second-order valence-corrected chi connectivity index (χ2v) is 19.1. The minimum Gasteiger partial charge on any atom is -0.455 e. The van der Waals surface area contributed by atoms with E-state index >= 15 is 0 Å². The van der Waals surface area contributed by atoms with Gasteiger partial charge < -0.3 is 4.42 Å². The van der Waals surface area contributed by atoms with E-state index < -0.39 is 5.41 Å². The molecule has 0 radical (unpaired) electrons. The molecule has 8 aromatic carbocycles. The monoisotopic (exact) mass is 927 g/mol. The van der Waals surface area contributed by atoms with Gasteiger partial charge >= 0.3 is 0 Å². The maximum atomic E-state index is 6.45. The number of rotatable bonds is 9. The molecule has 0 atom stereocenters. The van der Waals surface area contributed by atoms with Gasteiger partial charge in [-0.1, -0.05) is 212 Å². The summed E-state index contributed by atoms with van der Waals surface area (Å²) in [6.07, 6.45) is 22.1. The van der Waals surface area contributed by atoms with Crippen molar-refractivity contribution in [3.63, 3.8) is 0 Å². The number of aromatic nitrogens is 3. The highest BCUT2D eigenvalue weighted by Gasteiger charge is 2.47. The molecule has 0 saturated carbocycles. The summed E-state index contributed by atoms with van der Waals surface area (Å²) in [4.78, 5) is 16.5. The summed E-state index contributed by atoms with van der Waals surface area (Å²) >= 11 is 1.79. The van der Waals surface area contributed by atoms with Crippen LogP contribution in [0.1, 0.15) is 52.5 Å². The molecule has 3 heterocycles. The predicted octanol–water partition coefficient (Wildman–Crippen LogP) is 17.4. The lowest BCUT2D eigenvalue weighted by Crippen LogP contribution is -2.28. The maximum absolute atomic E-state index is 6.45. The SMILES string of the molecule is C\C=C/C(=C\C=C\c1cccc2c1oc1ccccc12)c1cc(-c2nc(C3=CC=CC=CC3)nc(-c3cccc4c3sc3ccccc34)n2)c2c(c1)C(c1ccccc1)(c1ccccc1)c1ccccc1-2. The van der Waals surface area contributed by atoms with E-state index in [-0.39, 0.29) is 0 Å². The summed E-state index contributed by atoms with van der Waals surface area (Å²) in [7, 11) is 0. The maximum Gasteiger partial charge on any atom is 0.165 e. The van der Waals surface area contributed by atoms with Gasteiger partial charge in [0, 0.05) is 53.2 Å². The van der Waals surface area contributed by atoms with Crippen LogP contribution < -0.4 is 0 Å². The zero-order chi connectivity index (χ0) is 47.3. The molecule has 11 aromatic rings. The van der Waals surface area contributed by atoms with E-state index in [9.17, 15) is 0 Å². The number of allylic oxidation sites excluding steroid dienone is 11. The molecule has 71 heavy (non-hydrogen) atoms. The van der Waals surface area contributed by atoms with Crippen LogP contribution >= 0.6 is 11.3 Å². The Kier molecular flexibility index (Phi) is 10.5. The van der Waals surface area contributed by atoms with Crippen molar-refractivity contribution in [3.8, 4) is 33.9 Å². The highest BCUT2D eigenvalue weighted by atomic mass is 32.1. The third-order valence-electron chi connectivity index (χ3n) is 14.0. The summed E-state index contributed by atoms with van der Waals surface area (Å²) in [5.41, 5.74) is 14.2. The lowest BCUT2D eigenvalue weighted by atomic mass is 9.67. The van der Waals surface area contributed by atoms with Crippen molar-refractivity contribution < 1.29 is 4.42 Å². The first-order chi connectivity index (χ1) is 35.2. The standard InChI is InChI=1S/C66H45N3OS/c1-2-22-43(25-19-26-44-27-20-35-51-49-32-14-17-39-58(49)70-61(44)51)46-41-55(60-53-34-13-16-38-56(53)66(57(60)42-46,47-28-9-5-10-29-47)48-30-11-6-12-31-48)65-68-63(45-23-7-3-4-8-24-45)67-64(69-65)54-37-21-36-52-50-33-15-18-40-59(50)71-62(52)54/h2-23,25-42H,24H2,1H3/b22-2-,26-19+,43-25+. The van der Waals surface area contributed by atoms with E-state index in [0.29, 0.717) is 23.9 Å². The van der Waals surface area contributed by atoms with Gasteiger partial charge in [0.25, 0.3) is 0 Å². The molecule has 0 fully saturated rings. The van der Waals surface area contributed by atoms with E-state index in [4.69, 9.17) is 19.4 Å². The van der Waals surface area contributed by atoms with Crippen molar-refractivity contribution in [3.05, 3.63) is 276 Å². The van der Waals surface area contributed by atoms with Crippen LogP contribution in [-0.4, -0.2) is 15.0 Å². The molecule has 2 aliphatic carbocycles. The molecule has 4 nitrogen and oxygen atoms in total. The van der Waals surface area contributed by atoms with Crippen molar-refractivity contribution >= 4 is 70.7 Å². The van der Waals surface area contributed by atoms with E-state index in [2.05, 4.69) is 238 Å². The van der Waals surface area contributed by atoms with Crippen LogP contribution in [0, 0.1) is 0 Å². The summed E-state index contributed by atoms with van der Waals surface area (Å²) < 4.78 is 8.84. The average Bonchev–Trinajstić information content (AvgIpc) is 4.02. The first kappa shape index (κ1) is 42.3. The highest BCUT2D eigenvalue weighted by Crippen LogP contribution is 2.59. The van der Waals surface area contributed by atoms with Gasteiger partial charge in [0.05, 0.1) is 5.41 Å². The molecule has 3 aromatic heterocycles.